The number of nitrogens with one attached hydrogen (secondary N) is 2. The van der Waals surface area contributed by atoms with Crippen molar-refractivity contribution in [1.82, 2.24) is 5.43 Å². The third-order valence-corrected chi connectivity index (χ3v) is 4.06. The lowest BCUT2D eigenvalue weighted by Gasteiger charge is -2.06. The van der Waals surface area contributed by atoms with Crippen LogP contribution in [0.25, 0.3) is 0 Å². The smallest absolute Gasteiger partial charge is 0.249 e. The molecule has 7 heteroatoms. The van der Waals surface area contributed by atoms with Crippen LogP contribution in [-0.4, -0.2) is 24.3 Å². The molecular formula is C17H16ClN3O2S. The van der Waals surface area contributed by atoms with Crippen LogP contribution in [0.5, 0.6) is 0 Å². The van der Waals surface area contributed by atoms with Gasteiger partial charge in [0.15, 0.2) is 0 Å². The number of carbonyl (C=O) groups is 2. The lowest BCUT2D eigenvalue weighted by Crippen LogP contribution is -2.24. The molecule has 2 aromatic rings. The number of nitrogens with zero attached hydrogens (tertiary/aromatic N) is 1. The van der Waals surface area contributed by atoms with Gasteiger partial charge < -0.3 is 5.32 Å². The fraction of sp³-hybridized carbons (Fsp3) is 0.118. The van der Waals surface area contributed by atoms with Crippen molar-refractivity contribution in [2.24, 2.45) is 5.10 Å². The Morgan fingerprint density at radius 1 is 1.12 bits per heavy atom. The molecule has 24 heavy (non-hydrogen) atoms. The summed E-state index contributed by atoms with van der Waals surface area (Å²) in [6.45, 7) is 0. The van der Waals surface area contributed by atoms with Gasteiger partial charge in [-0.25, -0.2) is 5.43 Å². The van der Waals surface area contributed by atoms with Crippen molar-refractivity contribution in [2.45, 2.75) is 11.3 Å². The largest absolute Gasteiger partial charge is 0.324 e. The van der Waals surface area contributed by atoms with Crippen molar-refractivity contribution in [3.63, 3.8) is 0 Å². The number of thioether (sulfide) groups is 1. The van der Waals surface area contributed by atoms with Crippen molar-refractivity contribution in [3.05, 3.63) is 59.1 Å². The van der Waals surface area contributed by atoms with Crippen LogP contribution in [0.2, 0.25) is 5.02 Å². The maximum Gasteiger partial charge on any atom is 0.249 e. The first kappa shape index (κ1) is 18.0. The first-order valence-electron chi connectivity index (χ1n) is 7.09. The molecule has 0 unspecified atom stereocenters. The van der Waals surface area contributed by atoms with Gasteiger partial charge in [-0.15, -0.1) is 11.8 Å². The second-order valence-electron chi connectivity index (χ2n) is 4.77. The van der Waals surface area contributed by atoms with E-state index in [0.29, 0.717) is 10.7 Å². The number of amides is 2. The van der Waals surface area contributed by atoms with Crippen molar-refractivity contribution in [3.8, 4) is 0 Å². The van der Waals surface area contributed by atoms with Gasteiger partial charge in [0.2, 0.25) is 11.8 Å². The minimum absolute atomic E-state index is 0.339. The average Bonchev–Trinajstić information content (AvgIpc) is 2.57. The molecule has 0 spiro atoms. The Bertz CT molecular complexity index is 748. The molecule has 2 rings (SSSR count). The van der Waals surface area contributed by atoms with Crippen molar-refractivity contribution in [2.75, 3.05) is 11.6 Å². The van der Waals surface area contributed by atoms with Crippen LogP contribution in [0.15, 0.2) is 58.5 Å². The minimum atomic E-state index is -0.503. The Balaban J connectivity index is 1.81. The molecule has 0 saturated heterocycles. The van der Waals surface area contributed by atoms with E-state index in [1.54, 1.807) is 36.0 Å². The normalized spacial score (nSPS) is 10.6. The third kappa shape index (κ3) is 5.72. The number of carbonyl (C=O) groups excluding carboxylic acids is 2. The number of benzene rings is 2. The molecule has 0 atom stereocenters. The summed E-state index contributed by atoms with van der Waals surface area (Å²) in [5, 5.41) is 6.83. The van der Waals surface area contributed by atoms with Gasteiger partial charge in [-0.2, -0.15) is 5.10 Å². The van der Waals surface area contributed by atoms with Gasteiger partial charge >= 0.3 is 0 Å². The molecule has 124 valence electrons. The molecule has 2 amide bonds. The Kier molecular flexibility index (Phi) is 6.84. The number of anilines is 1. The molecular weight excluding hydrogens is 346 g/mol. The minimum Gasteiger partial charge on any atom is -0.324 e. The highest BCUT2D eigenvalue weighted by Crippen LogP contribution is 2.20. The van der Waals surface area contributed by atoms with E-state index in [1.165, 1.54) is 6.21 Å². The zero-order chi connectivity index (χ0) is 17.4. The Morgan fingerprint density at radius 2 is 1.83 bits per heavy atom. The molecule has 2 aromatic carbocycles. The number of hydrogen-bond acceptors (Lipinski definition) is 4. The Hall–Kier alpha value is -2.31. The van der Waals surface area contributed by atoms with Gasteiger partial charge in [-0.3, -0.25) is 9.59 Å². The molecule has 0 aliphatic carbocycles. The number of hydrazone groups is 1. The van der Waals surface area contributed by atoms with E-state index in [0.717, 1.165) is 10.5 Å². The van der Waals surface area contributed by atoms with Crippen molar-refractivity contribution < 1.29 is 9.59 Å². The van der Waals surface area contributed by atoms with Crippen LogP contribution in [0.1, 0.15) is 12.0 Å². The molecule has 0 aliphatic rings. The van der Waals surface area contributed by atoms with Gasteiger partial charge in [0.25, 0.3) is 0 Å². The van der Waals surface area contributed by atoms with E-state index in [1.807, 2.05) is 30.5 Å². The zero-order valence-corrected chi connectivity index (χ0v) is 14.5. The fourth-order valence-corrected chi connectivity index (χ4v) is 2.40. The summed E-state index contributed by atoms with van der Waals surface area (Å²) in [6.07, 6.45) is 3.18. The molecule has 2 N–H and O–H groups in total. The van der Waals surface area contributed by atoms with Crippen LogP contribution >= 0.6 is 23.4 Å². The first-order valence-corrected chi connectivity index (χ1v) is 8.69. The summed E-state index contributed by atoms with van der Waals surface area (Å²) in [6, 6.07) is 14.5. The average molecular weight is 362 g/mol. The van der Waals surface area contributed by atoms with Crippen LogP contribution in [0.4, 0.5) is 5.69 Å². The summed E-state index contributed by atoms with van der Waals surface area (Å²) in [4.78, 5) is 24.6. The third-order valence-electron chi connectivity index (χ3n) is 2.99. The van der Waals surface area contributed by atoms with E-state index in [2.05, 4.69) is 15.8 Å². The van der Waals surface area contributed by atoms with Gasteiger partial charge in [-0.05, 0) is 36.1 Å². The van der Waals surface area contributed by atoms with Gasteiger partial charge in [0.05, 0.1) is 16.9 Å². The van der Waals surface area contributed by atoms with Crippen LogP contribution in [-0.2, 0) is 9.59 Å². The second kappa shape index (κ2) is 9.10. The van der Waals surface area contributed by atoms with E-state index in [9.17, 15) is 9.59 Å². The zero-order valence-electron chi connectivity index (χ0n) is 13.0. The lowest BCUT2D eigenvalue weighted by atomic mass is 10.2. The van der Waals surface area contributed by atoms with Crippen LogP contribution < -0.4 is 10.7 Å². The lowest BCUT2D eigenvalue weighted by molar-refractivity contribution is -0.126. The summed E-state index contributed by atoms with van der Waals surface area (Å²) in [7, 11) is 0. The van der Waals surface area contributed by atoms with E-state index >= 15 is 0 Å². The van der Waals surface area contributed by atoms with Crippen LogP contribution in [0, 0.1) is 0 Å². The number of para-hydroxylation sites is 1. The van der Waals surface area contributed by atoms with Crippen LogP contribution in [0.3, 0.4) is 0 Å². The van der Waals surface area contributed by atoms with Gasteiger partial charge in [-0.1, -0.05) is 35.9 Å². The SMILES string of the molecule is CSc1ccc(C=NNC(=O)CC(=O)Nc2ccccc2Cl)cc1. The van der Waals surface area contributed by atoms with Crippen molar-refractivity contribution in [1.29, 1.82) is 0 Å². The Labute approximate surface area is 149 Å². The summed E-state index contributed by atoms with van der Waals surface area (Å²) >= 11 is 7.58. The summed E-state index contributed by atoms with van der Waals surface area (Å²) < 4.78 is 0. The molecule has 0 fully saturated rings. The second-order valence-corrected chi connectivity index (χ2v) is 6.06. The monoisotopic (exact) mass is 361 g/mol. The van der Waals surface area contributed by atoms with Gasteiger partial charge in [0, 0.05) is 4.90 Å². The standard InChI is InChI=1S/C17H16ClN3O2S/c1-24-13-8-6-12(7-9-13)11-19-21-17(23)10-16(22)20-15-5-3-2-4-14(15)18/h2-9,11H,10H2,1H3,(H,20,22)(H,21,23). The molecule has 5 nitrogen and oxygen atoms in total. The maximum absolute atomic E-state index is 11.8. The highest BCUT2D eigenvalue weighted by atomic mass is 35.5. The quantitative estimate of drug-likeness (QED) is 0.358. The topological polar surface area (TPSA) is 70.6 Å². The molecule has 0 aliphatic heterocycles. The summed E-state index contributed by atoms with van der Waals surface area (Å²) in [5.74, 6) is -0.961. The number of halogens is 1. The van der Waals surface area contributed by atoms with Crippen molar-refractivity contribution >= 4 is 47.1 Å². The number of hydrogen-bond donors (Lipinski definition) is 2. The van der Waals surface area contributed by atoms with E-state index < -0.39 is 11.8 Å². The molecule has 0 radical (unpaired) electrons. The fourth-order valence-electron chi connectivity index (χ4n) is 1.81. The maximum atomic E-state index is 11.8. The highest BCUT2D eigenvalue weighted by Gasteiger charge is 2.10. The molecule has 0 saturated carbocycles. The molecule has 0 aromatic heterocycles. The Morgan fingerprint density at radius 3 is 2.50 bits per heavy atom. The van der Waals surface area contributed by atoms with Gasteiger partial charge in [0.1, 0.15) is 6.42 Å². The predicted molar refractivity (Wildman–Crippen MR) is 98.7 cm³/mol. The molecule has 0 heterocycles. The first-order chi connectivity index (χ1) is 11.6. The highest BCUT2D eigenvalue weighted by molar-refractivity contribution is 7.98. The van der Waals surface area contributed by atoms with E-state index in [4.69, 9.17) is 11.6 Å². The van der Waals surface area contributed by atoms with E-state index in [-0.39, 0.29) is 6.42 Å². The number of rotatable bonds is 6. The predicted octanol–water partition coefficient (Wildman–Crippen LogP) is 3.54. The summed E-state index contributed by atoms with van der Waals surface area (Å²) in [5.41, 5.74) is 3.64. The molecule has 0 bridgehead atoms.